The number of fused-ring (bicyclic) bond motifs is 1. The SMILES string of the molecule is c1ccc2c(c1)CC(N1CC[N]CC1)C2. The molecule has 1 heterocycles. The van der Waals surface area contributed by atoms with Crippen molar-refractivity contribution >= 4 is 0 Å². The molecule has 0 unspecified atom stereocenters. The minimum absolute atomic E-state index is 0.748. The maximum Gasteiger partial charge on any atom is 0.0261 e. The molecule has 1 radical (unpaired) electrons. The van der Waals surface area contributed by atoms with E-state index in [2.05, 4.69) is 34.5 Å². The van der Waals surface area contributed by atoms with Crippen LogP contribution in [0.25, 0.3) is 0 Å². The third-order valence-electron chi connectivity index (χ3n) is 3.64. The quantitative estimate of drug-likeness (QED) is 0.664. The Labute approximate surface area is 91.3 Å². The molecular formula is C13H17N2. The van der Waals surface area contributed by atoms with E-state index in [-0.39, 0.29) is 0 Å². The van der Waals surface area contributed by atoms with Gasteiger partial charge in [-0.3, -0.25) is 4.90 Å². The highest BCUT2D eigenvalue weighted by atomic mass is 15.2. The highest BCUT2D eigenvalue weighted by Crippen LogP contribution is 2.25. The molecule has 79 valence electrons. The molecule has 1 aliphatic carbocycles. The van der Waals surface area contributed by atoms with Gasteiger partial charge in [0.05, 0.1) is 0 Å². The average Bonchev–Trinajstić information content (AvgIpc) is 2.74. The van der Waals surface area contributed by atoms with Crippen LogP contribution in [0.15, 0.2) is 24.3 Å². The van der Waals surface area contributed by atoms with Crippen LogP contribution in [-0.4, -0.2) is 37.1 Å². The first-order valence-corrected chi connectivity index (χ1v) is 5.87. The molecule has 1 aliphatic heterocycles. The van der Waals surface area contributed by atoms with Crippen LogP contribution in [0.4, 0.5) is 0 Å². The molecule has 1 saturated heterocycles. The molecule has 0 aromatic heterocycles. The van der Waals surface area contributed by atoms with Crippen molar-refractivity contribution in [2.45, 2.75) is 18.9 Å². The zero-order chi connectivity index (χ0) is 10.1. The summed E-state index contributed by atoms with van der Waals surface area (Å²) >= 11 is 0. The predicted octanol–water partition coefficient (Wildman–Crippen LogP) is 1.07. The second-order valence-electron chi connectivity index (χ2n) is 4.54. The smallest absolute Gasteiger partial charge is 0.0261 e. The van der Waals surface area contributed by atoms with Gasteiger partial charge in [-0.15, -0.1) is 0 Å². The van der Waals surface area contributed by atoms with E-state index in [9.17, 15) is 0 Å². The van der Waals surface area contributed by atoms with Crippen molar-refractivity contribution in [3.63, 3.8) is 0 Å². The molecule has 0 atom stereocenters. The van der Waals surface area contributed by atoms with Crippen LogP contribution in [0.2, 0.25) is 0 Å². The molecular weight excluding hydrogens is 184 g/mol. The first-order chi connectivity index (χ1) is 7.43. The number of piperazine rings is 1. The standard InChI is InChI=1S/C13H17N2/c1-2-4-12-10-13(9-11(12)3-1)15-7-5-14-6-8-15/h1-4,13H,5-10H2. The van der Waals surface area contributed by atoms with E-state index in [1.54, 1.807) is 11.1 Å². The summed E-state index contributed by atoms with van der Waals surface area (Å²) in [6.07, 6.45) is 2.49. The van der Waals surface area contributed by atoms with Gasteiger partial charge in [0, 0.05) is 32.2 Å². The number of hydrogen-bond acceptors (Lipinski definition) is 1. The summed E-state index contributed by atoms with van der Waals surface area (Å²) in [7, 11) is 0. The number of nitrogens with zero attached hydrogens (tertiary/aromatic N) is 2. The van der Waals surface area contributed by atoms with Crippen LogP contribution >= 0.6 is 0 Å². The summed E-state index contributed by atoms with van der Waals surface area (Å²) in [6, 6.07) is 9.63. The van der Waals surface area contributed by atoms with Crippen molar-refractivity contribution in [1.29, 1.82) is 0 Å². The lowest BCUT2D eigenvalue weighted by molar-refractivity contribution is 0.176. The third kappa shape index (κ3) is 1.80. The normalized spacial score (nSPS) is 22.9. The number of hydrogen-bond donors (Lipinski definition) is 0. The highest BCUT2D eigenvalue weighted by molar-refractivity contribution is 5.33. The predicted molar refractivity (Wildman–Crippen MR) is 61.1 cm³/mol. The molecule has 0 bridgehead atoms. The Morgan fingerprint density at radius 1 is 1.00 bits per heavy atom. The third-order valence-corrected chi connectivity index (χ3v) is 3.64. The molecule has 1 fully saturated rings. The van der Waals surface area contributed by atoms with Crippen molar-refractivity contribution in [3.05, 3.63) is 35.4 Å². The van der Waals surface area contributed by atoms with Gasteiger partial charge in [-0.05, 0) is 24.0 Å². The fourth-order valence-electron chi connectivity index (χ4n) is 2.78. The maximum absolute atomic E-state index is 4.41. The second-order valence-corrected chi connectivity index (χ2v) is 4.54. The van der Waals surface area contributed by atoms with Crippen LogP contribution in [0.5, 0.6) is 0 Å². The topological polar surface area (TPSA) is 17.3 Å². The van der Waals surface area contributed by atoms with E-state index in [4.69, 9.17) is 0 Å². The lowest BCUT2D eigenvalue weighted by atomic mass is 10.1. The van der Waals surface area contributed by atoms with E-state index in [0.717, 1.165) is 19.1 Å². The van der Waals surface area contributed by atoms with Gasteiger partial charge in [0.2, 0.25) is 0 Å². The van der Waals surface area contributed by atoms with Crippen LogP contribution < -0.4 is 5.32 Å². The van der Waals surface area contributed by atoms with E-state index in [1.165, 1.54) is 25.9 Å². The molecule has 0 spiro atoms. The minimum Gasteiger partial charge on any atom is -0.297 e. The van der Waals surface area contributed by atoms with Crippen LogP contribution in [0.3, 0.4) is 0 Å². The first-order valence-electron chi connectivity index (χ1n) is 5.87. The summed E-state index contributed by atoms with van der Waals surface area (Å²) in [4.78, 5) is 2.62. The summed E-state index contributed by atoms with van der Waals surface area (Å²) in [5, 5.41) is 4.41. The Balaban J connectivity index is 1.72. The van der Waals surface area contributed by atoms with Gasteiger partial charge in [0.15, 0.2) is 0 Å². The van der Waals surface area contributed by atoms with E-state index < -0.39 is 0 Å². The zero-order valence-electron chi connectivity index (χ0n) is 9.02. The molecule has 0 amide bonds. The molecule has 1 aromatic rings. The van der Waals surface area contributed by atoms with Gasteiger partial charge < -0.3 is 0 Å². The van der Waals surface area contributed by atoms with Gasteiger partial charge in [-0.25, -0.2) is 5.32 Å². The molecule has 0 saturated carbocycles. The van der Waals surface area contributed by atoms with Gasteiger partial charge in [-0.1, -0.05) is 24.3 Å². The van der Waals surface area contributed by atoms with Gasteiger partial charge in [0.1, 0.15) is 0 Å². The minimum atomic E-state index is 0.748. The maximum atomic E-state index is 4.41. The van der Waals surface area contributed by atoms with Gasteiger partial charge in [-0.2, -0.15) is 0 Å². The highest BCUT2D eigenvalue weighted by Gasteiger charge is 2.27. The van der Waals surface area contributed by atoms with Crippen molar-refractivity contribution in [2.75, 3.05) is 26.2 Å². The molecule has 15 heavy (non-hydrogen) atoms. The van der Waals surface area contributed by atoms with Crippen molar-refractivity contribution < 1.29 is 0 Å². The van der Waals surface area contributed by atoms with Crippen molar-refractivity contribution in [2.24, 2.45) is 0 Å². The summed E-state index contributed by atoms with van der Waals surface area (Å²) in [5.74, 6) is 0. The Morgan fingerprint density at radius 2 is 1.60 bits per heavy atom. The largest absolute Gasteiger partial charge is 0.297 e. The van der Waals surface area contributed by atoms with Crippen LogP contribution in [0, 0.1) is 0 Å². The lowest BCUT2D eigenvalue weighted by Crippen LogP contribution is -2.46. The monoisotopic (exact) mass is 201 g/mol. The van der Waals surface area contributed by atoms with E-state index in [0.29, 0.717) is 0 Å². The fourth-order valence-corrected chi connectivity index (χ4v) is 2.78. The number of rotatable bonds is 1. The average molecular weight is 201 g/mol. The Bertz CT molecular complexity index is 317. The van der Waals surface area contributed by atoms with Gasteiger partial charge >= 0.3 is 0 Å². The molecule has 2 aliphatic rings. The van der Waals surface area contributed by atoms with Crippen molar-refractivity contribution in [1.82, 2.24) is 10.2 Å². The fraction of sp³-hybridized carbons (Fsp3) is 0.538. The molecule has 3 rings (SSSR count). The number of benzene rings is 1. The zero-order valence-corrected chi connectivity index (χ0v) is 9.02. The van der Waals surface area contributed by atoms with Crippen LogP contribution in [0.1, 0.15) is 11.1 Å². The molecule has 2 nitrogen and oxygen atoms in total. The second kappa shape index (κ2) is 3.95. The Hall–Kier alpha value is -0.860. The molecule has 0 N–H and O–H groups in total. The van der Waals surface area contributed by atoms with E-state index >= 15 is 0 Å². The molecule has 1 aromatic carbocycles. The lowest BCUT2D eigenvalue weighted by Gasteiger charge is -2.31. The summed E-state index contributed by atoms with van der Waals surface area (Å²) < 4.78 is 0. The van der Waals surface area contributed by atoms with Gasteiger partial charge in [0.25, 0.3) is 0 Å². The summed E-state index contributed by atoms with van der Waals surface area (Å²) in [5.41, 5.74) is 3.12. The Morgan fingerprint density at radius 3 is 2.20 bits per heavy atom. The summed E-state index contributed by atoms with van der Waals surface area (Å²) in [6.45, 7) is 4.40. The first kappa shape index (κ1) is 9.37. The Kier molecular flexibility index (Phi) is 2.47. The molecule has 2 heteroatoms. The van der Waals surface area contributed by atoms with E-state index in [1.807, 2.05) is 0 Å². The van der Waals surface area contributed by atoms with Crippen LogP contribution in [-0.2, 0) is 12.8 Å². The van der Waals surface area contributed by atoms with Crippen molar-refractivity contribution in [3.8, 4) is 0 Å².